The molecule has 1 aromatic rings. The SMILES string of the molecule is CC(C)(C)OC(=O)NC1CCN(c2cc3c(c(C(=O)O)c2)CN(C(=O)C(F)(F)F)CC3)C1. The van der Waals surface area contributed by atoms with Crippen molar-refractivity contribution in [3.63, 3.8) is 0 Å². The molecule has 1 aromatic carbocycles. The van der Waals surface area contributed by atoms with Crippen molar-refractivity contribution < 1.29 is 37.4 Å². The lowest BCUT2D eigenvalue weighted by Gasteiger charge is -2.31. The predicted octanol–water partition coefficient (Wildman–Crippen LogP) is 2.94. The fraction of sp³-hybridized carbons (Fsp3) is 0.571. The van der Waals surface area contributed by atoms with Crippen molar-refractivity contribution in [2.45, 2.75) is 58.0 Å². The number of aromatic carboxylic acids is 1. The number of carbonyl (C=O) groups is 3. The molecule has 1 atom stereocenters. The molecule has 2 amide bonds. The van der Waals surface area contributed by atoms with Crippen LogP contribution in [0.5, 0.6) is 0 Å². The molecule has 0 saturated carbocycles. The van der Waals surface area contributed by atoms with Gasteiger partial charge in [-0.3, -0.25) is 4.79 Å². The van der Waals surface area contributed by atoms with E-state index >= 15 is 0 Å². The number of alkyl halides is 3. The van der Waals surface area contributed by atoms with Crippen molar-refractivity contribution in [2.75, 3.05) is 24.5 Å². The van der Waals surface area contributed by atoms with Crippen molar-refractivity contribution in [3.05, 3.63) is 28.8 Å². The molecule has 11 heteroatoms. The predicted molar refractivity (Wildman–Crippen MR) is 109 cm³/mol. The summed E-state index contributed by atoms with van der Waals surface area (Å²) in [6, 6.07) is 2.99. The van der Waals surface area contributed by atoms with Gasteiger partial charge < -0.3 is 25.0 Å². The smallest absolute Gasteiger partial charge is 0.471 e. The maximum absolute atomic E-state index is 12.8. The number of carboxylic acid groups (broad SMARTS) is 1. The number of alkyl carbamates (subject to hydrolysis) is 1. The lowest BCUT2D eigenvalue weighted by atomic mass is 9.93. The van der Waals surface area contributed by atoms with E-state index in [0.29, 0.717) is 35.7 Å². The molecule has 0 spiro atoms. The van der Waals surface area contributed by atoms with Crippen molar-refractivity contribution in [2.24, 2.45) is 0 Å². The van der Waals surface area contributed by atoms with Gasteiger partial charge in [0.1, 0.15) is 5.60 Å². The van der Waals surface area contributed by atoms with Gasteiger partial charge in [0.2, 0.25) is 0 Å². The number of carboxylic acids is 1. The Morgan fingerprint density at radius 1 is 1.16 bits per heavy atom. The van der Waals surface area contributed by atoms with Gasteiger partial charge in [-0.05, 0) is 56.9 Å². The second-order valence-electron chi connectivity index (χ2n) is 8.99. The summed E-state index contributed by atoms with van der Waals surface area (Å²) < 4.78 is 43.7. The molecule has 1 fully saturated rings. The van der Waals surface area contributed by atoms with E-state index in [1.54, 1.807) is 26.8 Å². The van der Waals surface area contributed by atoms with Gasteiger partial charge in [-0.1, -0.05) is 0 Å². The highest BCUT2D eigenvalue weighted by molar-refractivity contribution is 5.92. The molecular weight excluding hydrogens is 431 g/mol. The van der Waals surface area contributed by atoms with Crippen LogP contribution in [0, 0.1) is 0 Å². The van der Waals surface area contributed by atoms with Crippen molar-refractivity contribution in [1.29, 1.82) is 0 Å². The Balaban J connectivity index is 1.77. The Labute approximate surface area is 183 Å². The van der Waals surface area contributed by atoms with E-state index in [2.05, 4.69) is 5.32 Å². The number of hydrogen-bond acceptors (Lipinski definition) is 5. The van der Waals surface area contributed by atoms with Gasteiger partial charge in [0.05, 0.1) is 11.6 Å². The lowest BCUT2D eigenvalue weighted by Crippen LogP contribution is -2.44. The number of fused-ring (bicyclic) bond motifs is 1. The maximum Gasteiger partial charge on any atom is 0.471 e. The quantitative estimate of drug-likeness (QED) is 0.724. The van der Waals surface area contributed by atoms with Gasteiger partial charge in [-0.25, -0.2) is 9.59 Å². The van der Waals surface area contributed by atoms with Gasteiger partial charge >= 0.3 is 24.1 Å². The van der Waals surface area contributed by atoms with Crippen LogP contribution >= 0.6 is 0 Å². The fourth-order valence-corrected chi connectivity index (χ4v) is 3.96. The second-order valence-corrected chi connectivity index (χ2v) is 8.99. The van der Waals surface area contributed by atoms with Gasteiger partial charge in [0, 0.05) is 31.9 Å². The number of anilines is 1. The summed E-state index contributed by atoms with van der Waals surface area (Å²) in [6.45, 7) is 5.74. The molecule has 0 aromatic heterocycles. The molecule has 1 unspecified atom stereocenters. The van der Waals surface area contributed by atoms with Gasteiger partial charge in [-0.2, -0.15) is 13.2 Å². The number of hydrogen-bond donors (Lipinski definition) is 2. The first-order chi connectivity index (χ1) is 14.7. The summed E-state index contributed by atoms with van der Waals surface area (Å²) in [5.41, 5.74) is 0.687. The van der Waals surface area contributed by atoms with Crippen LogP contribution in [0.2, 0.25) is 0 Å². The van der Waals surface area contributed by atoms with Crippen molar-refractivity contribution >= 4 is 23.7 Å². The minimum Gasteiger partial charge on any atom is -0.478 e. The first kappa shape index (κ1) is 23.7. The van der Waals surface area contributed by atoms with Gasteiger partial charge in [0.15, 0.2) is 0 Å². The molecule has 8 nitrogen and oxygen atoms in total. The van der Waals surface area contributed by atoms with Crippen LogP contribution in [-0.2, 0) is 22.5 Å². The van der Waals surface area contributed by atoms with E-state index in [4.69, 9.17) is 4.74 Å². The topological polar surface area (TPSA) is 99.2 Å². The first-order valence-electron chi connectivity index (χ1n) is 10.2. The third-order valence-corrected chi connectivity index (χ3v) is 5.36. The molecule has 32 heavy (non-hydrogen) atoms. The highest BCUT2D eigenvalue weighted by atomic mass is 19.4. The normalized spacial score (nSPS) is 18.9. The highest BCUT2D eigenvalue weighted by Crippen LogP contribution is 2.32. The molecule has 2 aliphatic rings. The lowest BCUT2D eigenvalue weighted by molar-refractivity contribution is -0.186. The number of ether oxygens (including phenoxy) is 1. The zero-order valence-electron chi connectivity index (χ0n) is 18.1. The average Bonchev–Trinajstić information content (AvgIpc) is 3.12. The summed E-state index contributed by atoms with van der Waals surface area (Å²) >= 11 is 0. The summed E-state index contributed by atoms with van der Waals surface area (Å²) in [6.07, 6.45) is -4.78. The van der Waals surface area contributed by atoms with Crippen LogP contribution in [-0.4, -0.2) is 65.4 Å². The molecule has 1 saturated heterocycles. The number of halogens is 3. The Morgan fingerprint density at radius 2 is 1.84 bits per heavy atom. The van der Waals surface area contributed by atoms with Gasteiger partial charge in [0.25, 0.3) is 0 Å². The Kier molecular flexibility index (Phi) is 6.30. The number of rotatable bonds is 3. The number of amides is 2. The summed E-state index contributed by atoms with van der Waals surface area (Å²) in [5.74, 6) is -3.24. The van der Waals surface area contributed by atoms with E-state index in [0.717, 1.165) is 0 Å². The Hall–Kier alpha value is -2.98. The molecule has 2 N–H and O–H groups in total. The number of benzene rings is 1. The Morgan fingerprint density at radius 3 is 2.44 bits per heavy atom. The van der Waals surface area contributed by atoms with Crippen LogP contribution in [0.4, 0.5) is 23.7 Å². The first-order valence-corrected chi connectivity index (χ1v) is 10.2. The van der Waals surface area contributed by atoms with Crippen LogP contribution in [0.15, 0.2) is 12.1 Å². The second kappa shape index (κ2) is 8.51. The molecule has 2 aliphatic heterocycles. The number of nitrogens with one attached hydrogen (secondary N) is 1. The van der Waals surface area contributed by atoms with E-state index in [-0.39, 0.29) is 30.1 Å². The zero-order valence-corrected chi connectivity index (χ0v) is 18.1. The van der Waals surface area contributed by atoms with Crippen molar-refractivity contribution in [1.82, 2.24) is 10.2 Å². The zero-order chi connectivity index (χ0) is 23.8. The molecule has 2 heterocycles. The van der Waals surface area contributed by atoms with Crippen LogP contribution in [0.25, 0.3) is 0 Å². The maximum atomic E-state index is 12.8. The third-order valence-electron chi connectivity index (χ3n) is 5.36. The minimum absolute atomic E-state index is 0.124. The average molecular weight is 457 g/mol. The third kappa shape index (κ3) is 5.43. The largest absolute Gasteiger partial charge is 0.478 e. The molecule has 0 aliphatic carbocycles. The van der Waals surface area contributed by atoms with Crippen molar-refractivity contribution in [3.8, 4) is 0 Å². The summed E-state index contributed by atoms with van der Waals surface area (Å²) in [7, 11) is 0. The summed E-state index contributed by atoms with van der Waals surface area (Å²) in [5, 5.41) is 12.5. The Bertz CT molecular complexity index is 926. The molecule has 0 bridgehead atoms. The molecule has 176 valence electrons. The van der Waals surface area contributed by atoms with Crippen LogP contribution in [0.3, 0.4) is 0 Å². The monoisotopic (exact) mass is 457 g/mol. The molecular formula is C21H26F3N3O5. The van der Waals surface area contributed by atoms with Crippen LogP contribution in [0.1, 0.15) is 48.7 Å². The summed E-state index contributed by atoms with van der Waals surface area (Å²) in [4.78, 5) is 38.0. The van der Waals surface area contributed by atoms with Crippen LogP contribution < -0.4 is 10.2 Å². The van der Waals surface area contributed by atoms with Gasteiger partial charge in [-0.15, -0.1) is 0 Å². The van der Waals surface area contributed by atoms with E-state index in [9.17, 15) is 32.7 Å². The van der Waals surface area contributed by atoms with E-state index in [1.165, 1.54) is 6.07 Å². The number of carbonyl (C=O) groups excluding carboxylic acids is 2. The minimum atomic E-state index is -5.01. The fourth-order valence-electron chi connectivity index (χ4n) is 3.96. The number of nitrogens with zero attached hydrogens (tertiary/aromatic N) is 2. The molecule has 3 rings (SSSR count). The van der Waals surface area contributed by atoms with E-state index < -0.39 is 36.3 Å². The standard InChI is InChI=1S/C21H26F3N3O5/c1-20(2,3)32-19(31)25-13-5-7-26(10-13)14-8-12-4-6-27(18(30)21(22,23)24)11-16(12)15(9-14)17(28)29/h8-9,13H,4-7,10-11H2,1-3H3,(H,25,31)(H,28,29). The van der Waals surface area contributed by atoms with E-state index in [1.807, 2.05) is 4.90 Å². The highest BCUT2D eigenvalue weighted by Gasteiger charge is 2.43. The molecule has 0 radical (unpaired) electrons.